The van der Waals surface area contributed by atoms with E-state index in [0.29, 0.717) is 67.2 Å². The second-order valence-corrected chi connectivity index (χ2v) is 17.5. The summed E-state index contributed by atoms with van der Waals surface area (Å²) in [5.74, 6) is 1.81. The molecule has 8 rings (SSSR count). The zero-order valence-electron chi connectivity index (χ0n) is 27.7. The zero-order valence-corrected chi connectivity index (χ0v) is 27.7. The van der Waals surface area contributed by atoms with Crippen LogP contribution in [0.4, 0.5) is 0 Å². The minimum absolute atomic E-state index is 0.0265. The number of rotatable bonds is 8. The van der Waals surface area contributed by atoms with Gasteiger partial charge in [-0.05, 0) is 122 Å². The molecule has 0 aromatic carbocycles. The molecule has 6 aliphatic carbocycles. The third-order valence-electron chi connectivity index (χ3n) is 15.1. The average Bonchev–Trinajstić information content (AvgIpc) is 3.92. The summed E-state index contributed by atoms with van der Waals surface area (Å²) in [4.78, 5) is 25.8. The van der Waals surface area contributed by atoms with Gasteiger partial charge in [0.2, 0.25) is 5.91 Å². The lowest BCUT2D eigenvalue weighted by Gasteiger charge is -2.60. The molecule has 8 aliphatic rings. The van der Waals surface area contributed by atoms with Gasteiger partial charge in [0.25, 0.3) is 0 Å². The van der Waals surface area contributed by atoms with Gasteiger partial charge in [-0.25, -0.2) is 0 Å². The number of nitrogens with zero attached hydrogens (tertiary/aromatic N) is 1. The standard InChI is InChI=1S/C36H56N2O7/c1-33(2)25-9-8-23-30-31(42)32-24(7-6-22(44-32)17-37-18-28(40)41)34(30,3)12-13-35(23)20-36(25,35)11-10-26(33)45-29-19-38(14-15-43-29)27(39)16-21-4-5-21/h21-26,29-32,37,42H,4-20H2,1-3H3,(H,40,41)/t22?,23?,24-,25?,26?,29?,30?,31+,32?,34?,35-,36+/m0/s1. The Balaban J connectivity index is 0.948. The first kappa shape index (κ1) is 31.0. The number of carbonyl (C=O) groups excluding carboxylic acids is 1. The fourth-order valence-electron chi connectivity index (χ4n) is 12.9. The molecular formula is C36H56N2O7. The van der Waals surface area contributed by atoms with Gasteiger partial charge in [0.05, 0.1) is 44.1 Å². The van der Waals surface area contributed by atoms with Crippen LogP contribution in [-0.4, -0.2) is 90.5 Å². The summed E-state index contributed by atoms with van der Waals surface area (Å²) in [7, 11) is 0. The lowest BCUT2D eigenvalue weighted by molar-refractivity contribution is -0.245. The third kappa shape index (κ3) is 4.79. The van der Waals surface area contributed by atoms with Crippen LogP contribution in [0.15, 0.2) is 0 Å². The van der Waals surface area contributed by atoms with Crippen molar-refractivity contribution < 1.29 is 34.0 Å². The fraction of sp³-hybridized carbons (Fsp3) is 0.944. The van der Waals surface area contributed by atoms with Crippen LogP contribution in [0.2, 0.25) is 0 Å². The number of carboxylic acids is 1. The zero-order chi connectivity index (χ0) is 31.4. The van der Waals surface area contributed by atoms with E-state index in [1.165, 1.54) is 51.4 Å². The number of hydrogen-bond acceptors (Lipinski definition) is 7. The molecule has 0 bridgehead atoms. The normalized spacial score (nSPS) is 49.6. The monoisotopic (exact) mass is 628 g/mol. The molecule has 2 spiro atoms. The number of carboxylic acid groups (broad SMARTS) is 1. The van der Waals surface area contributed by atoms with Crippen LogP contribution in [-0.2, 0) is 23.8 Å². The van der Waals surface area contributed by atoms with Gasteiger partial charge >= 0.3 is 5.97 Å². The van der Waals surface area contributed by atoms with E-state index in [1.807, 2.05) is 4.90 Å². The van der Waals surface area contributed by atoms with Crippen LogP contribution in [0.1, 0.15) is 97.8 Å². The number of nitrogens with one attached hydrogen (secondary N) is 1. The molecule has 1 amide bonds. The summed E-state index contributed by atoms with van der Waals surface area (Å²) in [5, 5.41) is 24.1. The first-order valence-corrected chi connectivity index (χ1v) is 18.3. The first-order valence-electron chi connectivity index (χ1n) is 18.3. The Labute approximate surface area is 268 Å². The number of ether oxygens (including phenoxy) is 3. The lowest BCUT2D eigenvalue weighted by atomic mass is 9.46. The van der Waals surface area contributed by atoms with Gasteiger partial charge in [0.15, 0.2) is 6.29 Å². The van der Waals surface area contributed by atoms with E-state index in [-0.39, 0.29) is 53.8 Å². The van der Waals surface area contributed by atoms with Crippen LogP contribution in [0.3, 0.4) is 0 Å². The van der Waals surface area contributed by atoms with E-state index in [0.717, 1.165) is 19.3 Å². The van der Waals surface area contributed by atoms with E-state index in [4.69, 9.17) is 19.3 Å². The summed E-state index contributed by atoms with van der Waals surface area (Å²) in [6.45, 7) is 9.60. The highest BCUT2D eigenvalue weighted by molar-refractivity contribution is 5.76. The highest BCUT2D eigenvalue weighted by Gasteiger charge is 2.81. The van der Waals surface area contributed by atoms with Crippen molar-refractivity contribution in [1.82, 2.24) is 10.2 Å². The van der Waals surface area contributed by atoms with Crippen molar-refractivity contribution in [1.29, 1.82) is 0 Å². The first-order chi connectivity index (χ1) is 21.5. The molecule has 0 radical (unpaired) electrons. The second-order valence-electron chi connectivity index (χ2n) is 17.5. The fourth-order valence-corrected chi connectivity index (χ4v) is 12.9. The molecule has 6 saturated carbocycles. The minimum Gasteiger partial charge on any atom is -0.480 e. The van der Waals surface area contributed by atoms with Gasteiger partial charge < -0.3 is 34.6 Å². The molecule has 9 heteroatoms. The molecule has 8 fully saturated rings. The Morgan fingerprint density at radius 3 is 2.56 bits per heavy atom. The van der Waals surface area contributed by atoms with Crippen molar-refractivity contribution in [2.24, 2.45) is 51.2 Å². The Hall–Kier alpha value is -1.26. The van der Waals surface area contributed by atoms with Crippen molar-refractivity contribution in [2.45, 2.75) is 129 Å². The van der Waals surface area contributed by atoms with Gasteiger partial charge in [-0.2, -0.15) is 0 Å². The van der Waals surface area contributed by atoms with Crippen LogP contribution < -0.4 is 5.32 Å². The van der Waals surface area contributed by atoms with Crippen molar-refractivity contribution in [3.8, 4) is 0 Å². The van der Waals surface area contributed by atoms with Crippen molar-refractivity contribution in [2.75, 3.05) is 32.8 Å². The van der Waals surface area contributed by atoms with E-state index >= 15 is 0 Å². The lowest BCUT2D eigenvalue weighted by Crippen LogP contribution is -2.57. The molecule has 2 saturated heterocycles. The number of aliphatic carboxylic acids is 1. The molecule has 2 heterocycles. The summed E-state index contributed by atoms with van der Waals surface area (Å²) in [6, 6.07) is 0. The maximum absolute atomic E-state index is 12.8. The van der Waals surface area contributed by atoms with E-state index in [2.05, 4.69) is 26.1 Å². The molecule has 3 N–H and O–H groups in total. The summed E-state index contributed by atoms with van der Waals surface area (Å²) in [5.41, 5.74) is 0.802. The molecule has 0 aromatic heterocycles. The number of amides is 1. The third-order valence-corrected chi connectivity index (χ3v) is 15.1. The average molecular weight is 629 g/mol. The Kier molecular flexibility index (Phi) is 7.50. The SMILES string of the molecule is CC1(C)C(OC2CN(C(=O)CC3CC3)CCO2)CC[C@]23C[C@]24CCC2(C)C(C4CCC13)[C@@H](O)C1OC(CNCC(=O)O)CC[C@@H]12. The van der Waals surface area contributed by atoms with E-state index in [9.17, 15) is 14.7 Å². The van der Waals surface area contributed by atoms with Gasteiger partial charge in [-0.1, -0.05) is 20.8 Å². The Morgan fingerprint density at radius 1 is 0.978 bits per heavy atom. The van der Waals surface area contributed by atoms with E-state index in [1.54, 1.807) is 0 Å². The molecule has 45 heavy (non-hydrogen) atoms. The number of morpholine rings is 1. The number of carbonyl (C=O) groups is 2. The van der Waals surface area contributed by atoms with Gasteiger partial charge in [0.1, 0.15) is 0 Å². The van der Waals surface area contributed by atoms with Gasteiger partial charge in [0, 0.05) is 19.5 Å². The second kappa shape index (κ2) is 10.9. The minimum atomic E-state index is -0.851. The summed E-state index contributed by atoms with van der Waals surface area (Å²) < 4.78 is 19.5. The summed E-state index contributed by atoms with van der Waals surface area (Å²) >= 11 is 0. The number of aliphatic hydroxyl groups excluding tert-OH is 1. The van der Waals surface area contributed by atoms with Gasteiger partial charge in [-0.3, -0.25) is 9.59 Å². The van der Waals surface area contributed by atoms with Gasteiger partial charge in [-0.15, -0.1) is 0 Å². The molecule has 8 unspecified atom stereocenters. The molecule has 12 atom stereocenters. The van der Waals surface area contributed by atoms with Crippen molar-refractivity contribution in [3.63, 3.8) is 0 Å². The summed E-state index contributed by atoms with van der Waals surface area (Å²) in [6.07, 6.45) is 12.6. The largest absolute Gasteiger partial charge is 0.480 e. The maximum atomic E-state index is 12.8. The Bertz CT molecular complexity index is 1190. The molecular weight excluding hydrogens is 572 g/mol. The highest BCUT2D eigenvalue weighted by atomic mass is 16.7. The van der Waals surface area contributed by atoms with Crippen LogP contribution in [0, 0.1) is 51.2 Å². The quantitative estimate of drug-likeness (QED) is 0.366. The van der Waals surface area contributed by atoms with Crippen LogP contribution >= 0.6 is 0 Å². The van der Waals surface area contributed by atoms with Crippen LogP contribution in [0.25, 0.3) is 0 Å². The van der Waals surface area contributed by atoms with Crippen LogP contribution in [0.5, 0.6) is 0 Å². The topological polar surface area (TPSA) is 118 Å². The predicted octanol–water partition coefficient (Wildman–Crippen LogP) is 4.21. The number of aliphatic hydroxyl groups is 1. The molecule has 0 aromatic rings. The molecule has 2 aliphatic heterocycles. The predicted molar refractivity (Wildman–Crippen MR) is 166 cm³/mol. The van der Waals surface area contributed by atoms with E-state index < -0.39 is 12.1 Å². The highest BCUT2D eigenvalue weighted by Crippen LogP contribution is 2.87. The molecule has 9 nitrogen and oxygen atoms in total. The molecule has 252 valence electrons. The van der Waals surface area contributed by atoms with Crippen molar-refractivity contribution >= 4 is 11.9 Å². The number of hydrogen-bond donors (Lipinski definition) is 3. The maximum Gasteiger partial charge on any atom is 0.317 e. The number of fused-ring (bicyclic) bond motifs is 4. The van der Waals surface area contributed by atoms with Crippen molar-refractivity contribution in [3.05, 3.63) is 0 Å². The Morgan fingerprint density at radius 2 is 1.78 bits per heavy atom. The smallest absolute Gasteiger partial charge is 0.317 e.